The predicted octanol–water partition coefficient (Wildman–Crippen LogP) is -0.480. The van der Waals surface area contributed by atoms with Crippen molar-refractivity contribution in [2.24, 2.45) is 0 Å². The van der Waals surface area contributed by atoms with E-state index in [0.29, 0.717) is 5.69 Å². The summed E-state index contributed by atoms with van der Waals surface area (Å²) < 4.78 is 4.73. The molecule has 0 aromatic carbocycles. The van der Waals surface area contributed by atoms with Gasteiger partial charge in [0.1, 0.15) is 0 Å². The molecule has 2 N–H and O–H groups in total. The normalized spacial score (nSPS) is 9.79. The molecular weight excluding hydrogens is 192 g/mol. The van der Waals surface area contributed by atoms with Gasteiger partial charge < -0.3 is 4.74 Å². The second-order valence-electron chi connectivity index (χ2n) is 2.39. The smallest absolute Gasteiger partial charge is 0.266 e. The maximum Gasteiger partial charge on any atom is 0.266 e. The van der Waals surface area contributed by atoms with Gasteiger partial charge in [0.2, 0.25) is 0 Å². The van der Waals surface area contributed by atoms with Crippen molar-refractivity contribution in [1.29, 1.82) is 0 Å². The fourth-order valence-corrected chi connectivity index (χ4v) is 0.869. The van der Waals surface area contributed by atoms with E-state index in [-0.39, 0.29) is 12.6 Å². The number of aromatic amines is 1. The van der Waals surface area contributed by atoms with E-state index in [2.05, 4.69) is 9.97 Å². The van der Waals surface area contributed by atoms with Gasteiger partial charge in [-0.15, -0.1) is 0 Å². The van der Waals surface area contributed by atoms with E-state index >= 15 is 0 Å². The van der Waals surface area contributed by atoms with E-state index in [1.165, 1.54) is 13.2 Å². The molecule has 14 heavy (non-hydrogen) atoms. The Hall–Kier alpha value is -1.96. The summed E-state index contributed by atoms with van der Waals surface area (Å²) in [5.41, 5.74) is 1.59. The van der Waals surface area contributed by atoms with Crippen molar-refractivity contribution in [3.8, 4) is 0 Å². The molecule has 8 heteroatoms. The average Bonchev–Trinajstić information content (AvgIpc) is 2.01. The first-order chi connectivity index (χ1) is 6.61. The maximum atomic E-state index is 11.0. The van der Waals surface area contributed by atoms with E-state index in [0.717, 1.165) is 0 Å². The van der Waals surface area contributed by atoms with Gasteiger partial charge in [-0.1, -0.05) is 5.43 Å². The van der Waals surface area contributed by atoms with E-state index in [1.807, 2.05) is 0 Å². The van der Waals surface area contributed by atoms with Crippen LogP contribution in [-0.2, 0) is 11.3 Å². The number of hydrogen-bond acceptors (Lipinski definition) is 5. The van der Waals surface area contributed by atoms with Gasteiger partial charge in [-0.05, 0) is 0 Å². The topological polar surface area (TPSA) is 110 Å². The Kier molecular flexibility index (Phi) is 3.13. The third-order valence-corrected chi connectivity index (χ3v) is 1.28. The van der Waals surface area contributed by atoms with Gasteiger partial charge in [-0.25, -0.2) is 15.1 Å². The SMILES string of the molecule is COCc1cc(=O)[nH]c(N[N+](=O)[O-])n1. The van der Waals surface area contributed by atoms with Gasteiger partial charge in [-0.3, -0.25) is 9.78 Å². The van der Waals surface area contributed by atoms with Crippen LogP contribution in [0.5, 0.6) is 0 Å². The molecule has 8 nitrogen and oxygen atoms in total. The summed E-state index contributed by atoms with van der Waals surface area (Å²) in [7, 11) is 1.43. The third-order valence-electron chi connectivity index (χ3n) is 1.28. The molecule has 1 heterocycles. The van der Waals surface area contributed by atoms with E-state index in [4.69, 9.17) is 4.74 Å². The fraction of sp³-hybridized carbons (Fsp3) is 0.333. The van der Waals surface area contributed by atoms with Crippen molar-refractivity contribution >= 4 is 5.95 Å². The lowest BCUT2D eigenvalue weighted by Crippen LogP contribution is -2.17. The minimum absolute atomic E-state index is 0.121. The molecule has 0 aliphatic rings. The lowest BCUT2D eigenvalue weighted by Gasteiger charge is -1.99. The highest BCUT2D eigenvalue weighted by Gasteiger charge is 2.04. The molecule has 0 saturated heterocycles. The largest absolute Gasteiger partial charge is 0.378 e. The molecule has 1 rings (SSSR count). The summed E-state index contributed by atoms with van der Waals surface area (Å²) in [5.74, 6) is -0.213. The summed E-state index contributed by atoms with van der Waals surface area (Å²) in [6.07, 6.45) is 0. The second kappa shape index (κ2) is 4.33. The molecule has 0 amide bonds. The molecule has 0 spiro atoms. The summed E-state index contributed by atoms with van der Waals surface area (Å²) in [6.45, 7) is 0.121. The third kappa shape index (κ3) is 2.83. The van der Waals surface area contributed by atoms with Crippen molar-refractivity contribution in [2.75, 3.05) is 12.5 Å². The number of nitrogens with one attached hydrogen (secondary N) is 2. The average molecular weight is 200 g/mol. The number of aromatic nitrogens is 2. The van der Waals surface area contributed by atoms with E-state index < -0.39 is 10.6 Å². The molecule has 0 aliphatic carbocycles. The first-order valence-corrected chi connectivity index (χ1v) is 3.62. The first-order valence-electron chi connectivity index (χ1n) is 3.62. The standard InChI is InChI=1S/C6H8N4O4/c1-14-3-4-2-5(11)8-6(7-4)9-10(12)13/h2H,3H2,1H3,(H2,7,8,9,11). The zero-order valence-electron chi connectivity index (χ0n) is 7.31. The summed E-state index contributed by atoms with van der Waals surface area (Å²) in [4.78, 5) is 26.9. The minimum Gasteiger partial charge on any atom is -0.378 e. The molecule has 0 unspecified atom stereocenters. The van der Waals surface area contributed by atoms with Gasteiger partial charge in [0.15, 0.2) is 5.03 Å². The number of ether oxygens (including phenoxy) is 1. The van der Waals surface area contributed by atoms with Crippen molar-refractivity contribution < 1.29 is 9.77 Å². The van der Waals surface area contributed by atoms with Crippen LogP contribution in [0.2, 0.25) is 0 Å². The number of hydrazine groups is 1. The van der Waals surface area contributed by atoms with Crippen molar-refractivity contribution in [3.63, 3.8) is 0 Å². The number of H-pyrrole nitrogens is 1. The number of anilines is 1. The number of hydrogen-bond donors (Lipinski definition) is 2. The highest BCUT2D eigenvalue weighted by atomic mass is 16.7. The molecule has 0 radical (unpaired) electrons. The van der Waals surface area contributed by atoms with Crippen LogP contribution in [0.3, 0.4) is 0 Å². The van der Waals surface area contributed by atoms with Gasteiger partial charge >= 0.3 is 0 Å². The van der Waals surface area contributed by atoms with Gasteiger partial charge in [0.25, 0.3) is 11.5 Å². The van der Waals surface area contributed by atoms with Crippen LogP contribution in [0, 0.1) is 10.1 Å². The van der Waals surface area contributed by atoms with Crippen LogP contribution in [0.25, 0.3) is 0 Å². The number of rotatable bonds is 4. The second-order valence-corrected chi connectivity index (χ2v) is 2.39. The molecule has 0 saturated carbocycles. The summed E-state index contributed by atoms with van der Waals surface area (Å²) in [6, 6.07) is 1.20. The number of methoxy groups -OCH3 is 1. The van der Waals surface area contributed by atoms with Crippen LogP contribution in [0.4, 0.5) is 5.95 Å². The Bertz CT molecular complexity index is 388. The Morgan fingerprint density at radius 1 is 1.79 bits per heavy atom. The van der Waals surface area contributed by atoms with Gasteiger partial charge in [0, 0.05) is 13.2 Å². The summed E-state index contributed by atoms with van der Waals surface area (Å²) in [5, 5.41) is 9.24. The van der Waals surface area contributed by atoms with Crippen molar-refractivity contribution in [3.05, 3.63) is 32.2 Å². The lowest BCUT2D eigenvalue weighted by molar-refractivity contribution is -0.446. The van der Waals surface area contributed by atoms with Crippen molar-refractivity contribution in [1.82, 2.24) is 9.97 Å². The van der Waals surface area contributed by atoms with Crippen LogP contribution < -0.4 is 11.0 Å². The van der Waals surface area contributed by atoms with Crippen LogP contribution >= 0.6 is 0 Å². The quantitative estimate of drug-likeness (QED) is 0.501. The predicted molar refractivity (Wildman–Crippen MR) is 46.2 cm³/mol. The van der Waals surface area contributed by atoms with Crippen LogP contribution in [0.15, 0.2) is 10.9 Å². The van der Waals surface area contributed by atoms with E-state index in [9.17, 15) is 14.9 Å². The highest BCUT2D eigenvalue weighted by molar-refractivity contribution is 5.21. The van der Waals surface area contributed by atoms with Gasteiger partial charge in [0.05, 0.1) is 12.3 Å². The first kappa shape index (κ1) is 10.1. The Morgan fingerprint density at radius 2 is 2.50 bits per heavy atom. The van der Waals surface area contributed by atoms with Crippen molar-refractivity contribution in [2.45, 2.75) is 6.61 Å². The fourth-order valence-electron chi connectivity index (χ4n) is 0.869. The maximum absolute atomic E-state index is 11.0. The summed E-state index contributed by atoms with van der Waals surface area (Å²) >= 11 is 0. The van der Waals surface area contributed by atoms with E-state index in [1.54, 1.807) is 5.43 Å². The molecule has 1 aromatic rings. The molecule has 0 aliphatic heterocycles. The Morgan fingerprint density at radius 3 is 3.07 bits per heavy atom. The monoisotopic (exact) mass is 200 g/mol. The number of nitro groups is 1. The highest BCUT2D eigenvalue weighted by Crippen LogP contribution is 1.97. The zero-order chi connectivity index (χ0) is 10.6. The zero-order valence-corrected chi connectivity index (χ0v) is 7.31. The molecule has 0 atom stereocenters. The van der Waals surface area contributed by atoms with Crippen LogP contribution in [0.1, 0.15) is 5.69 Å². The Labute approximate surface area is 78.0 Å². The minimum atomic E-state index is -0.811. The molecule has 0 fully saturated rings. The lowest BCUT2D eigenvalue weighted by atomic mass is 10.4. The number of nitrogens with zero attached hydrogens (tertiary/aromatic N) is 2. The van der Waals surface area contributed by atoms with Crippen LogP contribution in [-0.4, -0.2) is 22.1 Å². The van der Waals surface area contributed by atoms with Gasteiger partial charge in [-0.2, -0.15) is 0 Å². The Balaban J connectivity index is 2.94. The molecule has 1 aromatic heterocycles. The molecular formula is C6H8N4O4. The molecule has 0 bridgehead atoms. The molecule has 76 valence electrons.